The molecule has 0 radical (unpaired) electrons. The second kappa shape index (κ2) is 7.02. The van der Waals surface area contributed by atoms with Gasteiger partial charge < -0.3 is 19.0 Å². The lowest BCUT2D eigenvalue weighted by molar-refractivity contribution is -0.140. The average molecular weight is 379 g/mol. The number of ether oxygens (including phenoxy) is 2. The van der Waals surface area contributed by atoms with E-state index in [2.05, 4.69) is 40.8 Å². The molecule has 2 aliphatic rings. The fraction of sp³-hybridized carbons (Fsp3) is 0.714. The van der Waals surface area contributed by atoms with Gasteiger partial charge in [-0.3, -0.25) is 0 Å². The molecule has 26 heavy (non-hydrogen) atoms. The van der Waals surface area contributed by atoms with E-state index in [1.165, 1.54) is 0 Å². The molecular formula is C21H34O4Si. The van der Waals surface area contributed by atoms with Crippen LogP contribution in [0.5, 0.6) is 0 Å². The summed E-state index contributed by atoms with van der Waals surface area (Å²) in [5, 5.41) is 11.1. The number of aliphatic hydroxyl groups excluding tert-OH is 1. The van der Waals surface area contributed by atoms with Gasteiger partial charge in [-0.15, -0.1) is 0 Å². The summed E-state index contributed by atoms with van der Waals surface area (Å²) in [6, 6.07) is 10.1. The highest BCUT2D eigenvalue weighted by atomic mass is 28.4. The molecule has 0 aromatic heterocycles. The Balaban J connectivity index is 1.73. The largest absolute Gasteiger partial charge is 0.411 e. The van der Waals surface area contributed by atoms with Gasteiger partial charge in [0.2, 0.25) is 0 Å². The molecule has 5 atom stereocenters. The first-order chi connectivity index (χ1) is 12.1. The summed E-state index contributed by atoms with van der Waals surface area (Å²) in [6.07, 6.45) is 0.252. The average Bonchev–Trinajstić information content (AvgIpc) is 3.02. The molecule has 3 rings (SSSR count). The van der Waals surface area contributed by atoms with Crippen LogP contribution in [0.3, 0.4) is 0 Å². The highest BCUT2D eigenvalue weighted by Gasteiger charge is 2.64. The van der Waals surface area contributed by atoms with Crippen molar-refractivity contribution in [2.75, 3.05) is 6.61 Å². The Morgan fingerprint density at radius 2 is 1.88 bits per heavy atom. The van der Waals surface area contributed by atoms with Crippen LogP contribution in [-0.2, 0) is 20.5 Å². The number of hydrogen-bond donors (Lipinski definition) is 1. The molecule has 0 saturated carbocycles. The Morgan fingerprint density at radius 1 is 1.23 bits per heavy atom. The molecule has 0 spiro atoms. The van der Waals surface area contributed by atoms with Crippen LogP contribution in [0.2, 0.25) is 18.1 Å². The summed E-state index contributed by atoms with van der Waals surface area (Å²) < 4.78 is 19.0. The maximum Gasteiger partial charge on any atom is 0.192 e. The molecule has 0 amide bonds. The Labute approximate surface area is 159 Å². The van der Waals surface area contributed by atoms with Crippen LogP contribution in [0.1, 0.15) is 39.7 Å². The van der Waals surface area contributed by atoms with Crippen molar-refractivity contribution < 1.29 is 19.0 Å². The highest BCUT2D eigenvalue weighted by molar-refractivity contribution is 6.74. The second-order valence-corrected chi connectivity index (χ2v) is 14.3. The minimum Gasteiger partial charge on any atom is -0.411 e. The molecule has 1 N–H and O–H groups in total. The fourth-order valence-corrected chi connectivity index (χ4v) is 5.20. The van der Waals surface area contributed by atoms with Gasteiger partial charge in [0.05, 0.1) is 31.5 Å². The summed E-state index contributed by atoms with van der Waals surface area (Å²) in [7, 11) is -1.96. The van der Waals surface area contributed by atoms with Gasteiger partial charge in [-0.25, -0.2) is 0 Å². The summed E-state index contributed by atoms with van der Waals surface area (Å²) in [5.41, 5.74) is 0.384. The lowest BCUT2D eigenvalue weighted by Gasteiger charge is -2.45. The van der Waals surface area contributed by atoms with Crippen molar-refractivity contribution in [1.29, 1.82) is 0 Å². The topological polar surface area (TPSA) is 47.9 Å². The standard InChI is InChI=1S/C21H34O4Si/c1-15-17-12-18(25-26(5,6)20(2,3)4)21(24-17,19(15)22)14-23-13-16-10-8-7-9-11-16/h7-11,15,17-19,22H,12-14H2,1-6H3/t15-,17-,18-,19-,21-/m1/s1. The van der Waals surface area contributed by atoms with E-state index in [1.54, 1.807) is 0 Å². The highest BCUT2D eigenvalue weighted by Crippen LogP contribution is 2.51. The van der Waals surface area contributed by atoms with Crippen LogP contribution in [-0.4, -0.2) is 43.9 Å². The van der Waals surface area contributed by atoms with E-state index in [-0.39, 0.29) is 23.2 Å². The summed E-state index contributed by atoms with van der Waals surface area (Å²) in [5.74, 6) is 0.120. The number of fused-ring (bicyclic) bond motifs is 2. The molecule has 1 aromatic carbocycles. The zero-order chi connectivity index (χ0) is 19.2. The van der Waals surface area contributed by atoms with Crippen molar-refractivity contribution in [3.05, 3.63) is 35.9 Å². The molecular weight excluding hydrogens is 344 g/mol. The minimum absolute atomic E-state index is 0.0556. The predicted octanol–water partition coefficient (Wildman–Crippen LogP) is 4.13. The Bertz CT molecular complexity index is 612. The summed E-state index contributed by atoms with van der Waals surface area (Å²) >= 11 is 0. The van der Waals surface area contributed by atoms with Crippen LogP contribution < -0.4 is 0 Å². The molecule has 1 aromatic rings. The van der Waals surface area contributed by atoms with Crippen molar-refractivity contribution in [2.45, 2.75) is 82.8 Å². The molecule has 4 nitrogen and oxygen atoms in total. The third kappa shape index (κ3) is 3.52. The van der Waals surface area contributed by atoms with Crippen molar-refractivity contribution in [2.24, 2.45) is 5.92 Å². The number of hydrogen-bond acceptors (Lipinski definition) is 4. The smallest absolute Gasteiger partial charge is 0.192 e. The van der Waals surface area contributed by atoms with Crippen LogP contribution in [0.4, 0.5) is 0 Å². The molecule has 146 valence electrons. The maximum absolute atomic E-state index is 10.9. The van der Waals surface area contributed by atoms with Gasteiger partial charge in [0.25, 0.3) is 0 Å². The molecule has 2 aliphatic heterocycles. The van der Waals surface area contributed by atoms with E-state index in [0.717, 1.165) is 12.0 Å². The van der Waals surface area contributed by atoms with E-state index in [0.29, 0.717) is 13.2 Å². The lowest BCUT2D eigenvalue weighted by Crippen LogP contribution is -2.59. The fourth-order valence-electron chi connectivity index (χ4n) is 3.84. The van der Waals surface area contributed by atoms with Crippen LogP contribution >= 0.6 is 0 Å². The number of aliphatic hydroxyl groups is 1. The van der Waals surface area contributed by atoms with Crippen molar-refractivity contribution in [3.8, 4) is 0 Å². The Morgan fingerprint density at radius 3 is 2.46 bits per heavy atom. The van der Waals surface area contributed by atoms with Crippen LogP contribution in [0.15, 0.2) is 30.3 Å². The van der Waals surface area contributed by atoms with Gasteiger partial charge in [0, 0.05) is 12.3 Å². The molecule has 0 aliphatic carbocycles. The van der Waals surface area contributed by atoms with Gasteiger partial charge in [-0.1, -0.05) is 58.0 Å². The van der Waals surface area contributed by atoms with Gasteiger partial charge in [0.1, 0.15) is 5.60 Å². The van der Waals surface area contributed by atoms with E-state index in [4.69, 9.17) is 13.9 Å². The first kappa shape index (κ1) is 20.0. The molecule has 5 heteroatoms. The summed E-state index contributed by atoms with van der Waals surface area (Å²) in [4.78, 5) is 0. The third-order valence-corrected chi connectivity index (χ3v) is 11.1. The van der Waals surface area contributed by atoms with Crippen LogP contribution in [0.25, 0.3) is 0 Å². The molecule has 2 heterocycles. The number of benzene rings is 1. The van der Waals surface area contributed by atoms with Crippen LogP contribution in [0, 0.1) is 5.92 Å². The normalized spacial score (nSPS) is 34.4. The van der Waals surface area contributed by atoms with Crippen molar-refractivity contribution >= 4 is 8.32 Å². The first-order valence-corrected chi connectivity index (χ1v) is 12.6. The maximum atomic E-state index is 10.9. The van der Waals surface area contributed by atoms with Gasteiger partial charge >= 0.3 is 0 Å². The van der Waals surface area contributed by atoms with Crippen molar-refractivity contribution in [1.82, 2.24) is 0 Å². The molecule has 2 saturated heterocycles. The van der Waals surface area contributed by atoms with E-state index in [1.807, 2.05) is 30.3 Å². The number of rotatable bonds is 6. The Kier molecular flexibility index (Phi) is 5.41. The van der Waals surface area contributed by atoms with E-state index >= 15 is 0 Å². The van der Waals surface area contributed by atoms with E-state index in [9.17, 15) is 5.11 Å². The Hall–Kier alpha value is -0.723. The predicted molar refractivity (Wildman–Crippen MR) is 106 cm³/mol. The van der Waals surface area contributed by atoms with Crippen molar-refractivity contribution in [3.63, 3.8) is 0 Å². The quantitative estimate of drug-likeness (QED) is 0.756. The lowest BCUT2D eigenvalue weighted by atomic mass is 9.78. The van der Waals surface area contributed by atoms with Gasteiger partial charge in [-0.05, 0) is 23.7 Å². The minimum atomic E-state index is -1.96. The SMILES string of the molecule is C[C@H]1[C@@H](O)[C@]2(COCc3ccccc3)O[C@@H]1C[C@H]2O[Si](C)(C)C(C)(C)C. The molecule has 2 fully saturated rings. The summed E-state index contributed by atoms with van der Waals surface area (Å²) in [6.45, 7) is 14.2. The zero-order valence-corrected chi connectivity index (χ0v) is 18.0. The first-order valence-electron chi connectivity index (χ1n) is 9.72. The monoisotopic (exact) mass is 378 g/mol. The molecule has 0 unspecified atom stereocenters. The molecule has 2 bridgehead atoms. The van der Waals surface area contributed by atoms with E-state index < -0.39 is 20.0 Å². The second-order valence-electron chi connectivity index (χ2n) is 9.50. The third-order valence-electron chi connectivity index (χ3n) is 6.63. The zero-order valence-electron chi connectivity index (χ0n) is 17.0. The van der Waals surface area contributed by atoms with Gasteiger partial charge in [0.15, 0.2) is 8.32 Å². The van der Waals surface area contributed by atoms with Gasteiger partial charge in [-0.2, -0.15) is 0 Å².